The standard InChI is InChI=1S/C22H14Cl3F4NO2/c1-11-3-2-4-15(18(11)26)20(31)30-19-16(24)9-13(10-17(19)25)21(32,22(27,28)29)12-5-7-14(23)8-6-12/h2-10,32H,1H3,(H,30,31). The van der Waals surface area contributed by atoms with Crippen molar-refractivity contribution in [2.75, 3.05) is 5.32 Å². The summed E-state index contributed by atoms with van der Waals surface area (Å²) in [6.45, 7) is 1.47. The first kappa shape index (κ1) is 24.3. The molecule has 32 heavy (non-hydrogen) atoms. The lowest BCUT2D eigenvalue weighted by Gasteiger charge is -2.32. The first-order valence-corrected chi connectivity index (χ1v) is 10.1. The molecule has 0 saturated heterocycles. The molecule has 1 unspecified atom stereocenters. The number of carbonyl (C=O) groups excluding carboxylic acids is 1. The molecule has 3 rings (SSSR count). The number of hydrogen-bond donors (Lipinski definition) is 2. The third-order valence-electron chi connectivity index (χ3n) is 4.81. The van der Waals surface area contributed by atoms with Crippen LogP contribution in [0.3, 0.4) is 0 Å². The van der Waals surface area contributed by atoms with Gasteiger partial charge in [0.2, 0.25) is 5.60 Å². The van der Waals surface area contributed by atoms with E-state index in [1.54, 1.807) is 0 Å². The highest BCUT2D eigenvalue weighted by atomic mass is 35.5. The fourth-order valence-corrected chi connectivity index (χ4v) is 3.80. The highest BCUT2D eigenvalue weighted by molar-refractivity contribution is 6.40. The summed E-state index contributed by atoms with van der Waals surface area (Å²) in [6.07, 6.45) is -5.15. The molecule has 0 aromatic heterocycles. The predicted octanol–water partition coefficient (Wildman–Crippen LogP) is 7.14. The van der Waals surface area contributed by atoms with Gasteiger partial charge in [-0.1, -0.05) is 59.1 Å². The van der Waals surface area contributed by atoms with Crippen LogP contribution in [-0.4, -0.2) is 17.2 Å². The molecule has 0 fully saturated rings. The van der Waals surface area contributed by atoms with Crippen LogP contribution in [0.2, 0.25) is 15.1 Å². The van der Waals surface area contributed by atoms with E-state index in [9.17, 15) is 27.5 Å². The van der Waals surface area contributed by atoms with E-state index >= 15 is 0 Å². The molecule has 0 bridgehead atoms. The van der Waals surface area contributed by atoms with Gasteiger partial charge in [0.05, 0.1) is 21.3 Å². The van der Waals surface area contributed by atoms with Gasteiger partial charge in [0.25, 0.3) is 5.91 Å². The Morgan fingerprint density at radius 3 is 2.03 bits per heavy atom. The number of aryl methyl sites for hydroxylation is 1. The summed E-state index contributed by atoms with van der Waals surface area (Å²) < 4.78 is 56.1. The summed E-state index contributed by atoms with van der Waals surface area (Å²) in [6, 6.07) is 10.3. The second-order valence-corrected chi connectivity index (χ2v) is 8.17. The minimum atomic E-state index is -5.15. The Morgan fingerprint density at radius 2 is 1.50 bits per heavy atom. The minimum Gasteiger partial charge on any atom is -0.372 e. The molecule has 3 aromatic rings. The lowest BCUT2D eigenvalue weighted by Crippen LogP contribution is -2.43. The van der Waals surface area contributed by atoms with E-state index in [0.29, 0.717) is 0 Å². The molecule has 0 aliphatic carbocycles. The van der Waals surface area contributed by atoms with Crippen LogP contribution in [0, 0.1) is 12.7 Å². The van der Waals surface area contributed by atoms with Crippen molar-refractivity contribution in [2.45, 2.75) is 18.7 Å². The zero-order chi connectivity index (χ0) is 23.8. The summed E-state index contributed by atoms with van der Waals surface area (Å²) in [5.74, 6) is -1.66. The van der Waals surface area contributed by atoms with E-state index < -0.39 is 34.6 Å². The molecule has 0 heterocycles. The van der Waals surface area contributed by atoms with E-state index in [-0.39, 0.29) is 31.9 Å². The van der Waals surface area contributed by atoms with Gasteiger partial charge in [-0.25, -0.2) is 4.39 Å². The summed E-state index contributed by atoms with van der Waals surface area (Å²) in [7, 11) is 0. The Kier molecular flexibility index (Phi) is 6.77. The Morgan fingerprint density at radius 1 is 0.938 bits per heavy atom. The summed E-state index contributed by atoms with van der Waals surface area (Å²) in [4.78, 5) is 12.5. The fourth-order valence-electron chi connectivity index (χ4n) is 3.09. The number of alkyl halides is 3. The molecular formula is C22H14Cl3F4NO2. The van der Waals surface area contributed by atoms with E-state index in [1.165, 1.54) is 37.3 Å². The first-order chi connectivity index (χ1) is 14.9. The molecule has 3 nitrogen and oxygen atoms in total. The van der Waals surface area contributed by atoms with Crippen LogP contribution in [0.4, 0.5) is 23.2 Å². The lowest BCUT2D eigenvalue weighted by atomic mass is 9.85. The number of hydrogen-bond acceptors (Lipinski definition) is 2. The van der Waals surface area contributed by atoms with E-state index in [4.69, 9.17) is 34.8 Å². The molecule has 168 valence electrons. The maximum absolute atomic E-state index is 14.2. The van der Waals surface area contributed by atoms with Crippen LogP contribution in [-0.2, 0) is 5.60 Å². The second-order valence-electron chi connectivity index (χ2n) is 6.92. The van der Waals surface area contributed by atoms with Gasteiger partial charge in [-0.2, -0.15) is 13.2 Å². The zero-order valence-electron chi connectivity index (χ0n) is 16.2. The molecule has 3 aromatic carbocycles. The van der Waals surface area contributed by atoms with Gasteiger partial charge in [0, 0.05) is 10.6 Å². The Hall–Kier alpha value is -2.32. The zero-order valence-corrected chi connectivity index (χ0v) is 18.5. The molecule has 0 radical (unpaired) electrons. The first-order valence-electron chi connectivity index (χ1n) is 8.97. The van der Waals surface area contributed by atoms with Crippen molar-refractivity contribution < 1.29 is 27.5 Å². The molecule has 0 spiro atoms. The Bertz CT molecular complexity index is 1160. The summed E-state index contributed by atoms with van der Waals surface area (Å²) in [5, 5.41) is 12.4. The smallest absolute Gasteiger partial charge is 0.372 e. The van der Waals surface area contributed by atoms with E-state index in [1.807, 2.05) is 0 Å². The van der Waals surface area contributed by atoms with Gasteiger partial charge < -0.3 is 10.4 Å². The van der Waals surface area contributed by atoms with Crippen LogP contribution in [0.15, 0.2) is 54.6 Å². The lowest BCUT2D eigenvalue weighted by molar-refractivity contribution is -0.248. The number of anilines is 1. The average molecular weight is 507 g/mol. The molecule has 2 N–H and O–H groups in total. The summed E-state index contributed by atoms with van der Waals surface area (Å²) >= 11 is 18.0. The van der Waals surface area contributed by atoms with E-state index in [2.05, 4.69) is 5.32 Å². The molecule has 1 amide bonds. The minimum absolute atomic E-state index is 0.177. The topological polar surface area (TPSA) is 49.3 Å². The normalized spacial score (nSPS) is 13.5. The van der Waals surface area contributed by atoms with Gasteiger partial charge in [-0.05, 0) is 48.4 Å². The highest BCUT2D eigenvalue weighted by Gasteiger charge is 2.56. The number of benzene rings is 3. The maximum atomic E-state index is 14.2. The SMILES string of the molecule is Cc1cccc(C(=O)Nc2c(Cl)cc(C(O)(c3ccc(Cl)cc3)C(F)(F)F)cc2Cl)c1F. The highest BCUT2D eigenvalue weighted by Crippen LogP contribution is 2.47. The molecule has 0 aliphatic rings. The molecule has 1 atom stereocenters. The van der Waals surface area contributed by atoms with Gasteiger partial charge in [0.1, 0.15) is 5.82 Å². The third-order valence-corrected chi connectivity index (χ3v) is 5.66. The van der Waals surface area contributed by atoms with Crippen LogP contribution >= 0.6 is 34.8 Å². The third kappa shape index (κ3) is 4.43. The predicted molar refractivity (Wildman–Crippen MR) is 116 cm³/mol. The maximum Gasteiger partial charge on any atom is 0.425 e. The second kappa shape index (κ2) is 8.90. The van der Waals surface area contributed by atoms with Gasteiger partial charge in [0.15, 0.2) is 0 Å². The molecular weight excluding hydrogens is 493 g/mol. The fraction of sp³-hybridized carbons (Fsp3) is 0.136. The molecule has 0 aliphatic heterocycles. The van der Waals surface area contributed by atoms with Crippen molar-refractivity contribution in [1.29, 1.82) is 0 Å². The molecule has 0 saturated carbocycles. The van der Waals surface area contributed by atoms with Gasteiger partial charge in [-0.3, -0.25) is 4.79 Å². The summed E-state index contributed by atoms with van der Waals surface area (Å²) in [5.41, 5.74) is -4.96. The number of amides is 1. The number of nitrogens with one attached hydrogen (secondary N) is 1. The van der Waals surface area contributed by atoms with Crippen LogP contribution in [0.5, 0.6) is 0 Å². The number of aliphatic hydroxyl groups is 1. The van der Waals surface area contributed by atoms with Crippen molar-refractivity contribution in [3.05, 3.63) is 97.7 Å². The monoisotopic (exact) mass is 505 g/mol. The van der Waals surface area contributed by atoms with Gasteiger partial charge in [-0.15, -0.1) is 0 Å². The van der Waals surface area contributed by atoms with Crippen molar-refractivity contribution in [3.8, 4) is 0 Å². The number of carbonyl (C=O) groups is 1. The molecule has 10 heteroatoms. The van der Waals surface area contributed by atoms with Crippen molar-refractivity contribution in [2.24, 2.45) is 0 Å². The average Bonchev–Trinajstić information content (AvgIpc) is 2.71. The quantitative estimate of drug-likeness (QED) is 0.369. The van der Waals surface area contributed by atoms with Crippen molar-refractivity contribution >= 4 is 46.4 Å². The largest absolute Gasteiger partial charge is 0.425 e. The Labute approximate surface area is 195 Å². The Balaban J connectivity index is 2.06. The van der Waals surface area contributed by atoms with E-state index in [0.717, 1.165) is 24.3 Å². The van der Waals surface area contributed by atoms with Crippen LogP contribution < -0.4 is 5.32 Å². The van der Waals surface area contributed by atoms with Crippen LogP contribution in [0.1, 0.15) is 27.0 Å². The number of halogens is 7. The van der Waals surface area contributed by atoms with Crippen LogP contribution in [0.25, 0.3) is 0 Å². The number of rotatable bonds is 4. The van der Waals surface area contributed by atoms with Crippen molar-refractivity contribution in [1.82, 2.24) is 0 Å². The van der Waals surface area contributed by atoms with Crippen molar-refractivity contribution in [3.63, 3.8) is 0 Å². The van der Waals surface area contributed by atoms with Gasteiger partial charge >= 0.3 is 6.18 Å².